The van der Waals surface area contributed by atoms with Gasteiger partial charge in [0.05, 0.1) is 11.4 Å². The molecule has 0 aliphatic rings. The molecule has 0 saturated heterocycles. The molecule has 5 nitrogen and oxygen atoms in total. The molecule has 9 heteroatoms. The number of nitrogens with two attached hydrogens (primary N) is 1. The van der Waals surface area contributed by atoms with Gasteiger partial charge in [0.2, 0.25) is 10.0 Å². The van der Waals surface area contributed by atoms with Crippen LogP contribution in [0.2, 0.25) is 0 Å². The zero-order valence-electron chi connectivity index (χ0n) is 12.9. The van der Waals surface area contributed by atoms with Crippen molar-refractivity contribution in [3.63, 3.8) is 0 Å². The lowest BCUT2D eigenvalue weighted by molar-refractivity contribution is 0.568. The van der Waals surface area contributed by atoms with Crippen LogP contribution in [0.5, 0.6) is 0 Å². The minimum atomic E-state index is -4.19. The van der Waals surface area contributed by atoms with Crippen molar-refractivity contribution in [2.24, 2.45) is 5.14 Å². The van der Waals surface area contributed by atoms with Crippen molar-refractivity contribution in [3.8, 4) is 16.9 Å². The van der Waals surface area contributed by atoms with E-state index < -0.39 is 26.6 Å². The van der Waals surface area contributed by atoms with Gasteiger partial charge in [-0.15, -0.1) is 0 Å². The number of nitrogens with zero attached hydrogens (tertiary/aromatic N) is 1. The summed E-state index contributed by atoms with van der Waals surface area (Å²) in [4.78, 5) is 11.2. The quantitative estimate of drug-likeness (QED) is 0.756. The van der Waals surface area contributed by atoms with E-state index in [0.717, 1.165) is 23.5 Å². The summed E-state index contributed by atoms with van der Waals surface area (Å²) < 4.78 is 51.8. The van der Waals surface area contributed by atoms with E-state index >= 15 is 0 Å². The number of benzene rings is 2. The van der Waals surface area contributed by atoms with Crippen molar-refractivity contribution < 1.29 is 17.2 Å². The van der Waals surface area contributed by atoms with E-state index in [1.807, 2.05) is 0 Å². The van der Waals surface area contributed by atoms with E-state index in [-0.39, 0.29) is 10.4 Å². The molecule has 1 aromatic heterocycles. The van der Waals surface area contributed by atoms with Crippen LogP contribution in [0, 0.1) is 18.6 Å². The number of aryl methyl sites for hydroxylation is 1. The number of aromatic nitrogens is 1. The molecule has 0 amide bonds. The SMILES string of the molecule is Cc1ccc(-n2c(-c3ccc(S(N)(=O)=O)c(F)c3)csc2=O)cc1F. The molecular weight excluding hydrogens is 370 g/mol. The van der Waals surface area contributed by atoms with E-state index in [2.05, 4.69) is 0 Å². The van der Waals surface area contributed by atoms with Crippen LogP contribution in [-0.2, 0) is 10.0 Å². The third-order valence-corrected chi connectivity index (χ3v) is 5.31. The molecule has 0 bridgehead atoms. The summed E-state index contributed by atoms with van der Waals surface area (Å²) in [5.41, 5.74) is 1.31. The Bertz CT molecular complexity index is 1130. The number of rotatable bonds is 3. The predicted molar refractivity (Wildman–Crippen MR) is 91.4 cm³/mol. The van der Waals surface area contributed by atoms with Crippen molar-refractivity contribution in [1.29, 1.82) is 0 Å². The van der Waals surface area contributed by atoms with Gasteiger partial charge < -0.3 is 0 Å². The second-order valence-corrected chi connectivity index (χ2v) is 7.70. The highest BCUT2D eigenvalue weighted by Crippen LogP contribution is 2.27. The summed E-state index contributed by atoms with van der Waals surface area (Å²) >= 11 is 0.866. The lowest BCUT2D eigenvalue weighted by atomic mass is 10.1. The third kappa shape index (κ3) is 3.26. The van der Waals surface area contributed by atoms with Crippen LogP contribution in [0.4, 0.5) is 8.78 Å². The Balaban J connectivity index is 2.19. The normalized spacial score (nSPS) is 11.7. The van der Waals surface area contributed by atoms with Crippen LogP contribution >= 0.6 is 11.3 Å². The van der Waals surface area contributed by atoms with Crippen LogP contribution < -0.4 is 10.0 Å². The summed E-state index contributed by atoms with van der Waals surface area (Å²) in [6.07, 6.45) is 0. The van der Waals surface area contributed by atoms with Crippen LogP contribution in [0.1, 0.15) is 5.56 Å². The number of halogens is 2. The Labute approximate surface area is 146 Å². The fourth-order valence-corrected chi connectivity index (χ4v) is 3.71. The maximum absolute atomic E-state index is 14.1. The molecule has 0 aliphatic heterocycles. The molecule has 130 valence electrons. The van der Waals surface area contributed by atoms with Crippen molar-refractivity contribution in [2.45, 2.75) is 11.8 Å². The molecule has 25 heavy (non-hydrogen) atoms. The van der Waals surface area contributed by atoms with E-state index in [0.29, 0.717) is 16.9 Å². The van der Waals surface area contributed by atoms with Gasteiger partial charge >= 0.3 is 4.87 Å². The first-order valence-electron chi connectivity index (χ1n) is 6.98. The zero-order valence-corrected chi connectivity index (χ0v) is 14.5. The second kappa shape index (κ2) is 6.17. The monoisotopic (exact) mass is 382 g/mol. The molecule has 1 heterocycles. The Morgan fingerprint density at radius 1 is 1.08 bits per heavy atom. The van der Waals surface area contributed by atoms with E-state index in [1.54, 1.807) is 13.0 Å². The largest absolute Gasteiger partial charge is 0.312 e. The summed E-state index contributed by atoms with van der Waals surface area (Å²) in [7, 11) is -4.19. The highest BCUT2D eigenvalue weighted by atomic mass is 32.2. The van der Waals surface area contributed by atoms with Crippen molar-refractivity contribution >= 4 is 21.4 Å². The highest BCUT2D eigenvalue weighted by molar-refractivity contribution is 7.89. The van der Waals surface area contributed by atoms with E-state index in [4.69, 9.17) is 5.14 Å². The molecule has 0 spiro atoms. The number of primary sulfonamides is 1. The molecule has 0 atom stereocenters. The molecule has 2 aromatic carbocycles. The van der Waals surface area contributed by atoms with Crippen LogP contribution in [-0.4, -0.2) is 13.0 Å². The minimum Gasteiger partial charge on any atom is -0.267 e. The number of hydrogen-bond donors (Lipinski definition) is 1. The van der Waals surface area contributed by atoms with E-state index in [9.17, 15) is 22.0 Å². The van der Waals surface area contributed by atoms with Gasteiger partial charge in [-0.2, -0.15) is 0 Å². The van der Waals surface area contributed by atoms with Crippen LogP contribution in [0.25, 0.3) is 16.9 Å². The summed E-state index contributed by atoms with van der Waals surface area (Å²) in [5, 5.41) is 6.43. The maximum atomic E-state index is 14.1. The maximum Gasteiger partial charge on any atom is 0.312 e. The van der Waals surface area contributed by atoms with E-state index in [1.165, 1.54) is 28.1 Å². The van der Waals surface area contributed by atoms with Gasteiger partial charge in [0.1, 0.15) is 16.5 Å². The van der Waals surface area contributed by atoms with Crippen molar-refractivity contribution in [2.75, 3.05) is 0 Å². The predicted octanol–water partition coefficient (Wildman–Crippen LogP) is 2.80. The molecule has 2 N–H and O–H groups in total. The topological polar surface area (TPSA) is 82.2 Å². The van der Waals surface area contributed by atoms with Gasteiger partial charge in [0.15, 0.2) is 0 Å². The number of hydrogen-bond acceptors (Lipinski definition) is 4. The molecule has 0 radical (unpaired) electrons. The Morgan fingerprint density at radius 3 is 2.40 bits per heavy atom. The third-order valence-electron chi connectivity index (χ3n) is 3.64. The fourth-order valence-electron chi connectivity index (χ4n) is 2.36. The average molecular weight is 382 g/mol. The van der Waals surface area contributed by atoms with Crippen LogP contribution in [0.15, 0.2) is 51.5 Å². The standard InChI is InChI=1S/C16H12F2N2O3S2/c1-9-2-4-11(7-12(9)17)20-14(8-24-16(20)21)10-3-5-15(13(18)6-10)25(19,22)23/h2-8H,1H3,(H2,19,22,23). The minimum absolute atomic E-state index is 0.268. The Hall–Kier alpha value is -2.36. The lowest BCUT2D eigenvalue weighted by Gasteiger charge is -2.10. The molecular formula is C16H12F2N2O3S2. The first kappa shape index (κ1) is 17.5. The molecule has 3 rings (SSSR count). The molecule has 3 aromatic rings. The lowest BCUT2D eigenvalue weighted by Crippen LogP contribution is -2.14. The summed E-state index contributed by atoms with van der Waals surface area (Å²) in [5.74, 6) is -1.50. The van der Waals surface area contributed by atoms with Gasteiger partial charge in [-0.25, -0.2) is 22.3 Å². The first-order chi connectivity index (χ1) is 11.7. The second-order valence-electron chi connectivity index (χ2n) is 5.35. The van der Waals surface area contributed by atoms with Crippen molar-refractivity contribution in [1.82, 2.24) is 4.57 Å². The van der Waals surface area contributed by atoms with Gasteiger partial charge in [-0.05, 0) is 36.8 Å². The Morgan fingerprint density at radius 2 is 1.80 bits per heavy atom. The molecule has 0 aliphatic carbocycles. The highest BCUT2D eigenvalue weighted by Gasteiger charge is 2.18. The molecule has 0 unspecified atom stereocenters. The Kier molecular flexibility index (Phi) is 4.31. The van der Waals surface area contributed by atoms with Crippen molar-refractivity contribution in [3.05, 3.63) is 68.6 Å². The number of thiazole rings is 1. The smallest absolute Gasteiger partial charge is 0.267 e. The first-order valence-corrected chi connectivity index (χ1v) is 9.41. The summed E-state index contributed by atoms with van der Waals surface area (Å²) in [6, 6.07) is 7.66. The van der Waals surface area contributed by atoms with Gasteiger partial charge in [-0.1, -0.05) is 23.5 Å². The average Bonchev–Trinajstić information content (AvgIpc) is 2.90. The molecule has 0 fully saturated rings. The van der Waals surface area contributed by atoms with Gasteiger partial charge in [-0.3, -0.25) is 9.36 Å². The number of sulfonamides is 1. The van der Waals surface area contributed by atoms with Gasteiger partial charge in [0.25, 0.3) is 0 Å². The fraction of sp³-hybridized carbons (Fsp3) is 0.0625. The zero-order chi connectivity index (χ0) is 18.4. The van der Waals surface area contributed by atoms with Crippen LogP contribution in [0.3, 0.4) is 0 Å². The van der Waals surface area contributed by atoms with Gasteiger partial charge in [0, 0.05) is 10.9 Å². The summed E-state index contributed by atoms with van der Waals surface area (Å²) in [6.45, 7) is 1.60. The molecule has 0 saturated carbocycles.